The largest absolute Gasteiger partial charge is 0.300 e. The molecule has 2 aliphatic carbocycles. The normalized spacial score (nSPS) is 41.2. The topological polar surface area (TPSA) is 3.24 Å². The minimum atomic E-state index is 0.905. The molecular formula is C19H35N. The lowest BCUT2D eigenvalue weighted by molar-refractivity contribution is 0.0811. The van der Waals surface area contributed by atoms with Gasteiger partial charge in [-0.2, -0.15) is 0 Å². The number of nitrogens with zero attached hydrogens (tertiary/aromatic N) is 1. The Bertz CT molecular complexity index is 279. The van der Waals surface area contributed by atoms with Gasteiger partial charge in [0, 0.05) is 12.1 Å². The van der Waals surface area contributed by atoms with Gasteiger partial charge in [0.2, 0.25) is 0 Å². The van der Waals surface area contributed by atoms with Crippen molar-refractivity contribution < 1.29 is 0 Å². The van der Waals surface area contributed by atoms with Crippen molar-refractivity contribution in [2.24, 2.45) is 11.8 Å². The summed E-state index contributed by atoms with van der Waals surface area (Å²) in [5.41, 5.74) is 0. The lowest BCUT2D eigenvalue weighted by Crippen LogP contribution is -2.44. The fourth-order valence-electron chi connectivity index (χ4n) is 5.36. The summed E-state index contributed by atoms with van der Waals surface area (Å²) in [5.74, 6) is 2.13. The Kier molecular flexibility index (Phi) is 5.42. The molecule has 3 fully saturated rings. The maximum atomic E-state index is 2.83. The molecule has 0 aromatic rings. The highest BCUT2D eigenvalue weighted by atomic mass is 15.2. The quantitative estimate of drug-likeness (QED) is 0.574. The molecule has 4 atom stereocenters. The van der Waals surface area contributed by atoms with Gasteiger partial charge in [-0.05, 0) is 51.0 Å². The molecule has 4 bridgehead atoms. The van der Waals surface area contributed by atoms with Gasteiger partial charge < -0.3 is 4.90 Å². The second kappa shape index (κ2) is 7.29. The van der Waals surface area contributed by atoms with E-state index in [4.69, 9.17) is 0 Å². The molecule has 0 spiro atoms. The maximum Gasteiger partial charge on any atom is 0.00978 e. The van der Waals surface area contributed by atoms with E-state index in [0.29, 0.717) is 0 Å². The van der Waals surface area contributed by atoms with Crippen molar-refractivity contribution in [3.8, 4) is 0 Å². The molecule has 1 heterocycles. The van der Waals surface area contributed by atoms with Crippen LogP contribution in [0.1, 0.15) is 89.9 Å². The van der Waals surface area contributed by atoms with Crippen LogP contribution in [-0.2, 0) is 0 Å². The van der Waals surface area contributed by atoms with Crippen LogP contribution >= 0.6 is 0 Å². The molecule has 20 heavy (non-hydrogen) atoms. The summed E-state index contributed by atoms with van der Waals surface area (Å²) in [5, 5.41) is 0. The highest BCUT2D eigenvalue weighted by Gasteiger charge is 2.33. The zero-order valence-electron chi connectivity index (χ0n) is 13.7. The van der Waals surface area contributed by atoms with Crippen LogP contribution in [0.2, 0.25) is 0 Å². The first kappa shape index (κ1) is 14.9. The van der Waals surface area contributed by atoms with E-state index in [0.717, 1.165) is 23.9 Å². The Morgan fingerprint density at radius 2 is 1.15 bits per heavy atom. The van der Waals surface area contributed by atoms with Crippen molar-refractivity contribution in [2.75, 3.05) is 7.05 Å². The molecule has 2 saturated carbocycles. The van der Waals surface area contributed by atoms with Crippen LogP contribution in [0.15, 0.2) is 0 Å². The predicted octanol–water partition coefficient (Wildman–Crippen LogP) is 5.39. The molecular weight excluding hydrogens is 242 g/mol. The van der Waals surface area contributed by atoms with Gasteiger partial charge in [0.15, 0.2) is 0 Å². The molecule has 0 amide bonds. The van der Waals surface area contributed by atoms with Crippen LogP contribution in [0.5, 0.6) is 0 Å². The minimum absolute atomic E-state index is 0.905. The van der Waals surface area contributed by atoms with Gasteiger partial charge in [-0.25, -0.2) is 0 Å². The third-order valence-corrected chi connectivity index (χ3v) is 6.74. The molecule has 0 N–H and O–H groups in total. The Morgan fingerprint density at radius 1 is 0.550 bits per heavy atom. The molecule has 0 radical (unpaired) electrons. The average Bonchev–Trinajstić information content (AvgIpc) is 2.64. The number of likely N-dealkylation sites (tertiary alicyclic amines) is 1. The van der Waals surface area contributed by atoms with Gasteiger partial charge in [-0.3, -0.25) is 0 Å². The standard InChI is InChI=1S/C19H35N/c1-20-18-11-8-4-6-9-16(13-14-18)17-10-5-2-3-7-12-19(20)15-17/h16-19H,2-15H2,1H3. The summed E-state index contributed by atoms with van der Waals surface area (Å²) in [7, 11) is 2.46. The number of rotatable bonds is 0. The fraction of sp³-hybridized carbons (Fsp3) is 1.00. The molecule has 3 rings (SSSR count). The number of fused-ring (bicyclic) bond motifs is 6. The molecule has 116 valence electrons. The predicted molar refractivity (Wildman–Crippen MR) is 87.0 cm³/mol. The summed E-state index contributed by atoms with van der Waals surface area (Å²) in [6, 6.07) is 1.81. The van der Waals surface area contributed by atoms with Gasteiger partial charge >= 0.3 is 0 Å². The summed E-state index contributed by atoms with van der Waals surface area (Å²) >= 11 is 0. The van der Waals surface area contributed by atoms with Gasteiger partial charge in [-0.1, -0.05) is 57.8 Å². The second-order valence-electron chi connectivity index (χ2n) is 7.94. The monoisotopic (exact) mass is 277 g/mol. The van der Waals surface area contributed by atoms with E-state index in [2.05, 4.69) is 11.9 Å². The van der Waals surface area contributed by atoms with Crippen LogP contribution in [-0.4, -0.2) is 24.0 Å². The zero-order chi connectivity index (χ0) is 13.8. The molecule has 0 aromatic carbocycles. The van der Waals surface area contributed by atoms with E-state index < -0.39 is 0 Å². The summed E-state index contributed by atoms with van der Waals surface area (Å²) in [6.45, 7) is 0. The maximum absolute atomic E-state index is 2.83. The Morgan fingerprint density at radius 3 is 1.95 bits per heavy atom. The van der Waals surface area contributed by atoms with Gasteiger partial charge in [-0.15, -0.1) is 0 Å². The molecule has 1 heteroatoms. The van der Waals surface area contributed by atoms with E-state index in [1.807, 2.05) is 0 Å². The third kappa shape index (κ3) is 3.59. The van der Waals surface area contributed by atoms with Crippen molar-refractivity contribution >= 4 is 0 Å². The molecule has 4 unspecified atom stereocenters. The highest BCUT2D eigenvalue weighted by molar-refractivity contribution is 4.87. The van der Waals surface area contributed by atoms with Crippen LogP contribution in [0.3, 0.4) is 0 Å². The van der Waals surface area contributed by atoms with Crippen molar-refractivity contribution in [3.63, 3.8) is 0 Å². The van der Waals surface area contributed by atoms with Gasteiger partial charge in [0.05, 0.1) is 0 Å². The fourth-order valence-corrected chi connectivity index (χ4v) is 5.36. The Labute approximate surface area is 126 Å². The van der Waals surface area contributed by atoms with Crippen LogP contribution < -0.4 is 0 Å². The van der Waals surface area contributed by atoms with E-state index in [9.17, 15) is 0 Å². The van der Waals surface area contributed by atoms with E-state index in [-0.39, 0.29) is 0 Å². The molecule has 1 aliphatic heterocycles. The first-order valence-electron chi connectivity index (χ1n) is 9.56. The smallest absolute Gasteiger partial charge is 0.00978 e. The molecule has 1 nitrogen and oxygen atoms in total. The van der Waals surface area contributed by atoms with Crippen molar-refractivity contribution in [3.05, 3.63) is 0 Å². The number of hydrogen-bond donors (Lipinski definition) is 0. The Balaban J connectivity index is 1.81. The highest BCUT2D eigenvalue weighted by Crippen LogP contribution is 2.39. The second-order valence-corrected chi connectivity index (χ2v) is 7.94. The van der Waals surface area contributed by atoms with Crippen LogP contribution in [0.25, 0.3) is 0 Å². The van der Waals surface area contributed by atoms with Crippen molar-refractivity contribution in [1.29, 1.82) is 0 Å². The summed E-state index contributed by atoms with van der Waals surface area (Å²) in [6.07, 6.45) is 21.1. The summed E-state index contributed by atoms with van der Waals surface area (Å²) < 4.78 is 0. The number of hydrogen-bond acceptors (Lipinski definition) is 1. The van der Waals surface area contributed by atoms with Crippen molar-refractivity contribution in [2.45, 2.75) is 102 Å². The SMILES string of the molecule is CN1C2CCCCCC(CC2)C2CCCCCCC1C2. The lowest BCUT2D eigenvalue weighted by Gasteiger charge is -2.42. The average molecular weight is 277 g/mol. The Hall–Kier alpha value is -0.0400. The van der Waals surface area contributed by atoms with E-state index >= 15 is 0 Å². The molecule has 1 saturated heterocycles. The van der Waals surface area contributed by atoms with E-state index in [1.165, 1.54) is 77.0 Å². The van der Waals surface area contributed by atoms with E-state index in [1.54, 1.807) is 12.8 Å². The van der Waals surface area contributed by atoms with Gasteiger partial charge in [0.25, 0.3) is 0 Å². The zero-order valence-corrected chi connectivity index (χ0v) is 13.7. The van der Waals surface area contributed by atoms with Crippen LogP contribution in [0.4, 0.5) is 0 Å². The summed E-state index contributed by atoms with van der Waals surface area (Å²) in [4.78, 5) is 2.83. The van der Waals surface area contributed by atoms with Gasteiger partial charge in [0.1, 0.15) is 0 Å². The minimum Gasteiger partial charge on any atom is -0.300 e. The molecule has 3 aliphatic rings. The van der Waals surface area contributed by atoms with Crippen molar-refractivity contribution in [1.82, 2.24) is 4.90 Å². The molecule has 0 aromatic heterocycles. The first-order valence-corrected chi connectivity index (χ1v) is 9.56. The first-order chi connectivity index (χ1) is 9.84. The van der Waals surface area contributed by atoms with Crippen LogP contribution in [0, 0.1) is 11.8 Å². The third-order valence-electron chi connectivity index (χ3n) is 6.74. The lowest BCUT2D eigenvalue weighted by atomic mass is 9.76.